The van der Waals surface area contributed by atoms with E-state index in [4.69, 9.17) is 12.2 Å². The fraction of sp³-hybridized carbons (Fsp3) is 0.600. The zero-order chi connectivity index (χ0) is 13.7. The summed E-state index contributed by atoms with van der Waals surface area (Å²) >= 11 is 5.59. The standard InChI is InChI=1S/C15H23N3S/c1-12(2)14(13-7-3-4-8-16-13)15(19)17-11-18-9-5-6-10-18/h3-4,7-8,12,14H,5-6,9-11H2,1-2H3,(H,17,19). The lowest BCUT2D eigenvalue weighted by Crippen LogP contribution is -2.38. The van der Waals surface area contributed by atoms with E-state index in [2.05, 4.69) is 35.1 Å². The van der Waals surface area contributed by atoms with Gasteiger partial charge in [0.15, 0.2) is 0 Å². The Kier molecular flexibility index (Phi) is 5.28. The lowest BCUT2D eigenvalue weighted by Gasteiger charge is -2.24. The normalized spacial score (nSPS) is 17.6. The van der Waals surface area contributed by atoms with Crippen LogP contribution in [-0.4, -0.2) is 34.6 Å². The summed E-state index contributed by atoms with van der Waals surface area (Å²) in [4.78, 5) is 7.80. The van der Waals surface area contributed by atoms with Crippen molar-refractivity contribution in [3.8, 4) is 0 Å². The summed E-state index contributed by atoms with van der Waals surface area (Å²) in [6.45, 7) is 7.64. The Morgan fingerprint density at radius 3 is 2.68 bits per heavy atom. The molecule has 1 fully saturated rings. The van der Waals surface area contributed by atoms with E-state index in [1.54, 1.807) is 0 Å². The maximum Gasteiger partial charge on any atom is 0.0857 e. The van der Waals surface area contributed by atoms with Crippen LogP contribution < -0.4 is 5.32 Å². The monoisotopic (exact) mass is 277 g/mol. The molecule has 3 nitrogen and oxygen atoms in total. The Morgan fingerprint density at radius 1 is 1.37 bits per heavy atom. The van der Waals surface area contributed by atoms with Crippen LogP contribution in [0.4, 0.5) is 0 Å². The number of hydrogen-bond donors (Lipinski definition) is 1. The first-order valence-electron chi connectivity index (χ1n) is 7.09. The number of likely N-dealkylation sites (tertiary alicyclic amines) is 1. The molecule has 0 bridgehead atoms. The Hall–Kier alpha value is -1.00. The van der Waals surface area contributed by atoms with Gasteiger partial charge in [0.1, 0.15) is 0 Å². The summed E-state index contributed by atoms with van der Waals surface area (Å²) < 4.78 is 0. The van der Waals surface area contributed by atoms with Crippen LogP contribution in [0, 0.1) is 5.92 Å². The van der Waals surface area contributed by atoms with Gasteiger partial charge < -0.3 is 5.32 Å². The van der Waals surface area contributed by atoms with Crippen molar-refractivity contribution in [3.05, 3.63) is 30.1 Å². The molecule has 1 aromatic rings. The summed E-state index contributed by atoms with van der Waals surface area (Å²) in [5.74, 6) is 0.660. The highest BCUT2D eigenvalue weighted by Gasteiger charge is 2.22. The molecule has 0 amide bonds. The highest BCUT2D eigenvalue weighted by molar-refractivity contribution is 7.80. The average Bonchev–Trinajstić information content (AvgIpc) is 2.90. The number of thiocarbonyl (C=S) groups is 1. The maximum absolute atomic E-state index is 5.59. The van der Waals surface area contributed by atoms with E-state index in [1.807, 2.05) is 18.3 Å². The molecule has 1 saturated heterocycles. The predicted molar refractivity (Wildman–Crippen MR) is 83.2 cm³/mol. The van der Waals surface area contributed by atoms with Gasteiger partial charge in [0.05, 0.1) is 23.3 Å². The van der Waals surface area contributed by atoms with E-state index in [0.717, 1.165) is 17.4 Å². The molecule has 0 radical (unpaired) electrons. The minimum absolute atomic E-state index is 0.207. The minimum Gasteiger partial charge on any atom is -0.366 e. The van der Waals surface area contributed by atoms with Crippen LogP contribution >= 0.6 is 12.2 Å². The molecule has 1 aliphatic rings. The molecule has 19 heavy (non-hydrogen) atoms. The smallest absolute Gasteiger partial charge is 0.0857 e. The zero-order valence-electron chi connectivity index (χ0n) is 11.8. The highest BCUT2D eigenvalue weighted by atomic mass is 32.1. The molecule has 1 N–H and O–H groups in total. The topological polar surface area (TPSA) is 28.2 Å². The van der Waals surface area contributed by atoms with Gasteiger partial charge in [-0.1, -0.05) is 32.1 Å². The van der Waals surface area contributed by atoms with Gasteiger partial charge in [-0.15, -0.1) is 0 Å². The number of aromatic nitrogens is 1. The molecule has 1 aliphatic heterocycles. The zero-order valence-corrected chi connectivity index (χ0v) is 12.6. The molecule has 0 aliphatic carbocycles. The van der Waals surface area contributed by atoms with Crippen molar-refractivity contribution in [1.29, 1.82) is 0 Å². The fourth-order valence-electron chi connectivity index (χ4n) is 2.58. The minimum atomic E-state index is 0.207. The molecular weight excluding hydrogens is 254 g/mol. The SMILES string of the molecule is CC(C)C(C(=S)NCN1CCCC1)c1ccccn1. The van der Waals surface area contributed by atoms with Crippen molar-refractivity contribution in [3.63, 3.8) is 0 Å². The highest BCUT2D eigenvalue weighted by Crippen LogP contribution is 2.23. The summed E-state index contributed by atoms with van der Waals surface area (Å²) in [5, 5.41) is 3.42. The third-order valence-corrected chi connectivity index (χ3v) is 4.03. The van der Waals surface area contributed by atoms with Gasteiger partial charge in [0.2, 0.25) is 0 Å². The molecule has 2 rings (SSSR count). The molecule has 1 unspecified atom stereocenters. The Balaban J connectivity index is 1.96. The van der Waals surface area contributed by atoms with E-state index in [-0.39, 0.29) is 5.92 Å². The van der Waals surface area contributed by atoms with E-state index >= 15 is 0 Å². The summed E-state index contributed by atoms with van der Waals surface area (Å²) in [6, 6.07) is 6.04. The van der Waals surface area contributed by atoms with E-state index in [0.29, 0.717) is 5.92 Å². The number of hydrogen-bond acceptors (Lipinski definition) is 3. The maximum atomic E-state index is 5.59. The largest absolute Gasteiger partial charge is 0.366 e. The summed E-state index contributed by atoms with van der Waals surface area (Å²) in [5.41, 5.74) is 1.07. The number of rotatable bonds is 5. The molecule has 104 valence electrons. The van der Waals surface area contributed by atoms with Gasteiger partial charge in [-0.25, -0.2) is 0 Å². The van der Waals surface area contributed by atoms with Crippen molar-refractivity contribution < 1.29 is 0 Å². The fourth-order valence-corrected chi connectivity index (χ4v) is 3.04. The van der Waals surface area contributed by atoms with Gasteiger partial charge in [-0.3, -0.25) is 9.88 Å². The van der Waals surface area contributed by atoms with Crippen molar-refractivity contribution in [2.75, 3.05) is 19.8 Å². The quantitative estimate of drug-likeness (QED) is 0.838. The van der Waals surface area contributed by atoms with Gasteiger partial charge in [-0.2, -0.15) is 0 Å². The van der Waals surface area contributed by atoms with Gasteiger partial charge in [0, 0.05) is 6.20 Å². The average molecular weight is 277 g/mol. The third kappa shape index (κ3) is 3.98. The first kappa shape index (κ1) is 14.4. The molecule has 1 aromatic heterocycles. The predicted octanol–water partition coefficient (Wildman–Crippen LogP) is 2.79. The molecule has 4 heteroatoms. The number of nitrogens with one attached hydrogen (secondary N) is 1. The number of nitrogens with zero attached hydrogens (tertiary/aromatic N) is 2. The Morgan fingerprint density at radius 2 is 2.11 bits per heavy atom. The van der Waals surface area contributed by atoms with Crippen molar-refractivity contribution in [1.82, 2.24) is 15.2 Å². The molecule has 1 atom stereocenters. The van der Waals surface area contributed by atoms with E-state index in [1.165, 1.54) is 25.9 Å². The molecule has 0 spiro atoms. The van der Waals surface area contributed by atoms with Gasteiger partial charge >= 0.3 is 0 Å². The molecule has 0 aromatic carbocycles. The second kappa shape index (κ2) is 6.96. The Bertz CT molecular complexity index is 399. The second-order valence-electron chi connectivity index (χ2n) is 5.50. The van der Waals surface area contributed by atoms with Crippen molar-refractivity contribution in [2.45, 2.75) is 32.6 Å². The van der Waals surface area contributed by atoms with E-state index in [9.17, 15) is 0 Å². The van der Waals surface area contributed by atoms with Crippen LogP contribution in [-0.2, 0) is 0 Å². The summed E-state index contributed by atoms with van der Waals surface area (Å²) in [6.07, 6.45) is 4.46. The lowest BCUT2D eigenvalue weighted by atomic mass is 9.92. The summed E-state index contributed by atoms with van der Waals surface area (Å²) in [7, 11) is 0. The van der Waals surface area contributed by atoms with Crippen LogP contribution in [0.1, 0.15) is 38.3 Å². The van der Waals surface area contributed by atoms with Crippen LogP contribution in [0.25, 0.3) is 0 Å². The lowest BCUT2D eigenvalue weighted by molar-refractivity contribution is 0.331. The molecule has 2 heterocycles. The molecule has 0 saturated carbocycles. The number of pyridine rings is 1. The van der Waals surface area contributed by atoms with Crippen LogP contribution in [0.15, 0.2) is 24.4 Å². The second-order valence-corrected chi connectivity index (χ2v) is 5.94. The van der Waals surface area contributed by atoms with Gasteiger partial charge in [0.25, 0.3) is 0 Å². The van der Waals surface area contributed by atoms with E-state index < -0.39 is 0 Å². The van der Waals surface area contributed by atoms with Crippen LogP contribution in [0.5, 0.6) is 0 Å². The first-order valence-corrected chi connectivity index (χ1v) is 7.50. The van der Waals surface area contributed by atoms with Crippen LogP contribution in [0.2, 0.25) is 0 Å². The van der Waals surface area contributed by atoms with Crippen LogP contribution in [0.3, 0.4) is 0 Å². The molecular formula is C15H23N3S. The first-order chi connectivity index (χ1) is 9.18. The Labute approximate surface area is 121 Å². The van der Waals surface area contributed by atoms with Crippen molar-refractivity contribution in [2.24, 2.45) is 5.92 Å². The van der Waals surface area contributed by atoms with Gasteiger partial charge in [-0.05, 0) is 44.0 Å². The van der Waals surface area contributed by atoms with Crippen molar-refractivity contribution >= 4 is 17.2 Å². The third-order valence-electron chi connectivity index (χ3n) is 3.63.